The van der Waals surface area contributed by atoms with Crippen molar-refractivity contribution in [3.8, 4) is 0 Å². The highest BCUT2D eigenvalue weighted by atomic mass is 35.5. The minimum atomic E-state index is -4.85. The highest BCUT2D eigenvalue weighted by Crippen LogP contribution is 2.29. The summed E-state index contributed by atoms with van der Waals surface area (Å²) in [6.07, 6.45) is -6.70. The van der Waals surface area contributed by atoms with Gasteiger partial charge in [-0.3, -0.25) is 4.98 Å². The van der Waals surface area contributed by atoms with Gasteiger partial charge in [0.25, 0.3) is 0 Å². The average molecular weight is 185 g/mol. The van der Waals surface area contributed by atoms with E-state index in [0.717, 1.165) is 0 Å². The van der Waals surface area contributed by atoms with Gasteiger partial charge in [0.2, 0.25) is 0 Å². The first kappa shape index (κ1) is 4.98. The van der Waals surface area contributed by atoms with E-state index in [-0.39, 0.29) is 0 Å². The van der Waals surface area contributed by atoms with Crippen molar-refractivity contribution < 1.29 is 17.3 Å². The Kier molecular flexibility index (Phi) is 1.22. The van der Waals surface area contributed by atoms with E-state index in [9.17, 15) is 13.2 Å². The average Bonchev–Trinajstić information content (AvgIpc) is 1.97. The first-order chi connectivity index (χ1) is 6.25. The van der Waals surface area contributed by atoms with Crippen LogP contribution in [0.15, 0.2) is 18.4 Å². The van der Waals surface area contributed by atoms with E-state index < -0.39 is 35.2 Å². The molecule has 0 saturated carbocycles. The minimum absolute atomic E-state index is 0.699. The van der Waals surface area contributed by atoms with Gasteiger partial charge in [-0.05, 0) is 6.04 Å². The second kappa shape index (κ2) is 2.70. The normalized spacial score (nSPS) is 15.5. The number of pyridine rings is 1. The maximum Gasteiger partial charge on any atom is 0.417 e. The molecule has 1 nitrogen and oxygen atoms in total. The summed E-state index contributed by atoms with van der Waals surface area (Å²) in [6, 6.07) is -1.08. The Morgan fingerprint density at radius 1 is 1.45 bits per heavy atom. The van der Waals surface area contributed by atoms with Gasteiger partial charge in [0.15, 0.2) is 0 Å². The van der Waals surface area contributed by atoms with Gasteiger partial charge in [0, 0.05) is 12.3 Å². The van der Waals surface area contributed by atoms with Crippen LogP contribution in [-0.4, -0.2) is 4.98 Å². The largest absolute Gasteiger partial charge is 0.417 e. The zero-order valence-corrected chi connectivity index (χ0v) is 5.72. The molecule has 0 fully saturated rings. The number of rotatable bonds is 0. The Hall–Kier alpha value is -0.770. The second-order valence-electron chi connectivity index (χ2n) is 1.65. The van der Waals surface area contributed by atoms with E-state index in [0.29, 0.717) is 0 Å². The molecule has 0 aliphatic heterocycles. The Balaban J connectivity index is 3.53. The van der Waals surface area contributed by atoms with E-state index in [1.54, 1.807) is 0 Å². The third-order valence-electron chi connectivity index (χ3n) is 0.840. The maximum absolute atomic E-state index is 12.2. The number of hydrogen-bond donors (Lipinski definition) is 0. The molecule has 60 valence electrons. The standard InChI is InChI=1S/C6H3ClF3N/c7-5-1-4(2-11-3-5)6(8,9)10/h1-3H/i1D,2D,3D. The summed E-state index contributed by atoms with van der Waals surface area (Å²) in [7, 11) is 0. The van der Waals surface area contributed by atoms with Gasteiger partial charge in [0.05, 0.1) is 14.7 Å². The fourth-order valence-corrected chi connectivity index (χ4v) is 0.570. The lowest BCUT2D eigenvalue weighted by Gasteiger charge is -2.04. The van der Waals surface area contributed by atoms with Crippen molar-refractivity contribution in [1.82, 2.24) is 4.98 Å². The molecule has 0 aromatic carbocycles. The summed E-state index contributed by atoms with van der Waals surface area (Å²) in [5.74, 6) is 0. The number of halogens is 4. The molecular formula is C6H3ClF3N. The topological polar surface area (TPSA) is 12.9 Å². The van der Waals surface area contributed by atoms with Crippen molar-refractivity contribution in [2.45, 2.75) is 6.18 Å². The summed E-state index contributed by atoms with van der Waals surface area (Å²) in [5, 5.41) is -0.701. The third kappa shape index (κ3) is 2.08. The van der Waals surface area contributed by atoms with E-state index in [1.165, 1.54) is 0 Å². The molecule has 0 amide bonds. The molecule has 1 aromatic rings. The van der Waals surface area contributed by atoms with Gasteiger partial charge in [0.1, 0.15) is 0 Å². The smallest absolute Gasteiger partial charge is 0.263 e. The summed E-state index contributed by atoms with van der Waals surface area (Å²) < 4.78 is 57.5. The lowest BCUT2D eigenvalue weighted by atomic mass is 10.3. The number of hydrogen-bond acceptors (Lipinski definition) is 1. The molecule has 0 saturated heterocycles. The number of aromatic nitrogens is 1. The molecule has 0 unspecified atom stereocenters. The Morgan fingerprint density at radius 2 is 2.09 bits per heavy atom. The highest BCUT2D eigenvalue weighted by Gasteiger charge is 2.30. The minimum Gasteiger partial charge on any atom is -0.263 e. The molecule has 0 radical (unpaired) electrons. The highest BCUT2D eigenvalue weighted by molar-refractivity contribution is 6.30. The first-order valence-corrected chi connectivity index (χ1v) is 2.83. The Bertz CT molecular complexity index is 380. The summed E-state index contributed by atoms with van der Waals surface area (Å²) >= 11 is 5.24. The summed E-state index contributed by atoms with van der Waals surface area (Å²) in [5.41, 5.74) is -1.52. The van der Waals surface area contributed by atoms with Gasteiger partial charge in [-0.15, -0.1) is 0 Å². The van der Waals surface area contributed by atoms with Crippen molar-refractivity contribution in [3.63, 3.8) is 0 Å². The quantitative estimate of drug-likeness (QED) is 0.604. The lowest BCUT2D eigenvalue weighted by molar-refractivity contribution is -0.137. The Morgan fingerprint density at radius 3 is 2.64 bits per heavy atom. The summed E-state index contributed by atoms with van der Waals surface area (Å²) in [6.45, 7) is 0. The van der Waals surface area contributed by atoms with Crippen molar-refractivity contribution in [1.29, 1.82) is 0 Å². The van der Waals surface area contributed by atoms with Crippen LogP contribution >= 0.6 is 11.6 Å². The lowest BCUT2D eigenvalue weighted by Crippen LogP contribution is -2.04. The number of alkyl halides is 3. The van der Waals surface area contributed by atoms with Crippen LogP contribution in [0.4, 0.5) is 13.2 Å². The molecule has 1 heterocycles. The monoisotopic (exact) mass is 184 g/mol. The zero-order chi connectivity index (χ0) is 11.1. The predicted molar refractivity (Wildman–Crippen MR) is 34.2 cm³/mol. The van der Waals surface area contributed by atoms with Crippen LogP contribution in [-0.2, 0) is 6.18 Å². The van der Waals surface area contributed by atoms with Gasteiger partial charge < -0.3 is 0 Å². The van der Waals surface area contributed by atoms with E-state index in [2.05, 4.69) is 4.98 Å². The molecule has 0 bridgehead atoms. The van der Waals surface area contributed by atoms with Crippen LogP contribution < -0.4 is 0 Å². The molecule has 0 atom stereocenters. The molecule has 0 spiro atoms. The molecule has 0 aliphatic carbocycles. The van der Waals surface area contributed by atoms with Crippen LogP contribution in [0.1, 0.15) is 9.68 Å². The second-order valence-corrected chi connectivity index (χ2v) is 2.03. The van der Waals surface area contributed by atoms with Crippen molar-refractivity contribution in [2.24, 2.45) is 0 Å². The van der Waals surface area contributed by atoms with Crippen LogP contribution in [0.5, 0.6) is 0 Å². The maximum atomic E-state index is 12.2. The fourth-order valence-electron chi connectivity index (χ4n) is 0.433. The van der Waals surface area contributed by atoms with Crippen LogP contribution in [0, 0.1) is 0 Å². The Labute approximate surface area is 70.0 Å². The molecule has 5 heteroatoms. The SMILES string of the molecule is [2H]c1nc([2H])c(C(F)(F)F)c([2H])c1Cl. The van der Waals surface area contributed by atoms with Crippen molar-refractivity contribution >= 4 is 11.6 Å². The first-order valence-electron chi connectivity index (χ1n) is 3.95. The molecule has 1 aromatic heterocycles. The molecule has 0 aliphatic rings. The summed E-state index contributed by atoms with van der Waals surface area (Å²) in [4.78, 5) is 2.96. The molecule has 11 heavy (non-hydrogen) atoms. The van der Waals surface area contributed by atoms with E-state index >= 15 is 0 Å². The van der Waals surface area contributed by atoms with E-state index in [4.69, 9.17) is 15.7 Å². The molecule has 0 N–H and O–H groups in total. The number of nitrogens with zero attached hydrogens (tertiary/aromatic N) is 1. The fraction of sp³-hybridized carbons (Fsp3) is 0.167. The predicted octanol–water partition coefficient (Wildman–Crippen LogP) is 2.75. The van der Waals surface area contributed by atoms with Crippen LogP contribution in [0.2, 0.25) is 5.02 Å². The van der Waals surface area contributed by atoms with Crippen LogP contribution in [0.25, 0.3) is 0 Å². The van der Waals surface area contributed by atoms with Crippen molar-refractivity contribution in [3.05, 3.63) is 29.0 Å². The zero-order valence-electron chi connectivity index (χ0n) is 7.96. The van der Waals surface area contributed by atoms with Gasteiger partial charge in [-0.2, -0.15) is 13.2 Å². The van der Waals surface area contributed by atoms with Gasteiger partial charge >= 0.3 is 6.18 Å². The van der Waals surface area contributed by atoms with Gasteiger partial charge in [-0.25, -0.2) is 0 Å². The van der Waals surface area contributed by atoms with Crippen LogP contribution in [0.3, 0.4) is 0 Å². The van der Waals surface area contributed by atoms with Gasteiger partial charge in [-0.1, -0.05) is 11.6 Å². The molecule has 1 rings (SSSR count). The van der Waals surface area contributed by atoms with E-state index in [1.807, 2.05) is 0 Å². The molecular weight excluding hydrogens is 179 g/mol. The van der Waals surface area contributed by atoms with Crippen molar-refractivity contribution in [2.75, 3.05) is 0 Å². The third-order valence-corrected chi connectivity index (χ3v) is 1.02.